The molecule has 0 radical (unpaired) electrons. The molecule has 1 aromatic heterocycles. The predicted molar refractivity (Wildman–Crippen MR) is 102 cm³/mol. The average molecular weight is 433 g/mol. The fourth-order valence-corrected chi connectivity index (χ4v) is 3.54. The van der Waals surface area contributed by atoms with Crippen LogP contribution in [0.3, 0.4) is 0 Å². The number of hydrogen-bond donors (Lipinski definition) is 2. The number of rotatable bonds is 4. The van der Waals surface area contributed by atoms with E-state index < -0.39 is 0 Å². The molecule has 0 amide bonds. The molecule has 2 aliphatic rings. The van der Waals surface area contributed by atoms with Gasteiger partial charge in [0.25, 0.3) is 0 Å². The Morgan fingerprint density at radius 1 is 1.35 bits per heavy atom. The van der Waals surface area contributed by atoms with Gasteiger partial charge in [-0.25, -0.2) is 4.98 Å². The molecule has 1 saturated heterocycles. The van der Waals surface area contributed by atoms with E-state index in [1.165, 1.54) is 38.6 Å². The standard InChI is InChI=1S/C15H27N7.HI/c1-16-15(17-9-14-18-11-19-21(14)2)20-12-7-8-22(10-12)13-5-3-4-6-13;/h11-13H,3-10H2,1-2H3,(H2,16,17,20);1H. The van der Waals surface area contributed by atoms with Crippen molar-refractivity contribution < 1.29 is 0 Å². The summed E-state index contributed by atoms with van der Waals surface area (Å²) in [5, 5.41) is 10.9. The van der Waals surface area contributed by atoms with Crippen LogP contribution in [-0.4, -0.2) is 57.8 Å². The van der Waals surface area contributed by atoms with Crippen LogP contribution in [0, 0.1) is 0 Å². The molecule has 1 aromatic rings. The summed E-state index contributed by atoms with van der Waals surface area (Å²) < 4.78 is 1.78. The maximum atomic E-state index is 4.32. The topological polar surface area (TPSA) is 70.4 Å². The normalized spacial score (nSPS) is 23.0. The summed E-state index contributed by atoms with van der Waals surface area (Å²) in [4.78, 5) is 11.2. The first-order valence-corrected chi connectivity index (χ1v) is 8.30. The number of nitrogens with one attached hydrogen (secondary N) is 2. The van der Waals surface area contributed by atoms with Gasteiger partial charge in [-0.2, -0.15) is 5.10 Å². The molecule has 2 N–H and O–H groups in total. The predicted octanol–water partition coefficient (Wildman–Crippen LogP) is 1.11. The maximum absolute atomic E-state index is 4.32. The number of aliphatic imine (C=N–C) groups is 1. The van der Waals surface area contributed by atoms with Gasteiger partial charge in [-0.15, -0.1) is 24.0 Å². The number of likely N-dealkylation sites (tertiary alicyclic amines) is 1. The summed E-state index contributed by atoms with van der Waals surface area (Å²) in [6.45, 7) is 2.98. The lowest BCUT2D eigenvalue weighted by atomic mass is 10.2. The number of halogens is 1. The van der Waals surface area contributed by atoms with E-state index in [0.717, 1.165) is 24.4 Å². The van der Waals surface area contributed by atoms with Crippen molar-refractivity contribution in [2.45, 2.75) is 50.7 Å². The van der Waals surface area contributed by atoms with Gasteiger partial charge in [0.05, 0.1) is 6.54 Å². The lowest BCUT2D eigenvalue weighted by Crippen LogP contribution is -2.45. The Kier molecular flexibility index (Phi) is 7.07. The Morgan fingerprint density at radius 2 is 2.13 bits per heavy atom. The molecule has 2 heterocycles. The highest BCUT2D eigenvalue weighted by Gasteiger charge is 2.30. The van der Waals surface area contributed by atoms with Crippen LogP contribution in [0.25, 0.3) is 0 Å². The summed E-state index contributed by atoms with van der Waals surface area (Å²) in [7, 11) is 3.71. The van der Waals surface area contributed by atoms with Gasteiger partial charge in [-0.3, -0.25) is 14.6 Å². The second-order valence-electron chi connectivity index (χ2n) is 6.29. The van der Waals surface area contributed by atoms with E-state index in [4.69, 9.17) is 0 Å². The van der Waals surface area contributed by atoms with Crippen LogP contribution in [0.1, 0.15) is 37.9 Å². The molecular weight excluding hydrogens is 405 g/mol. The first-order valence-electron chi connectivity index (χ1n) is 8.30. The third kappa shape index (κ3) is 4.79. The van der Waals surface area contributed by atoms with E-state index >= 15 is 0 Å². The van der Waals surface area contributed by atoms with Crippen molar-refractivity contribution >= 4 is 29.9 Å². The largest absolute Gasteiger partial charge is 0.352 e. The second-order valence-corrected chi connectivity index (χ2v) is 6.29. The maximum Gasteiger partial charge on any atom is 0.191 e. The fourth-order valence-electron chi connectivity index (χ4n) is 3.54. The first kappa shape index (κ1) is 18.4. The zero-order valence-corrected chi connectivity index (χ0v) is 16.4. The van der Waals surface area contributed by atoms with Crippen LogP contribution in [0.15, 0.2) is 11.3 Å². The van der Waals surface area contributed by atoms with Gasteiger partial charge >= 0.3 is 0 Å². The molecule has 1 aliphatic carbocycles. The van der Waals surface area contributed by atoms with Crippen molar-refractivity contribution in [3.8, 4) is 0 Å². The van der Waals surface area contributed by atoms with E-state index in [1.54, 1.807) is 11.0 Å². The first-order chi connectivity index (χ1) is 10.8. The van der Waals surface area contributed by atoms with Gasteiger partial charge in [0, 0.05) is 39.3 Å². The number of guanidine groups is 1. The molecule has 2 fully saturated rings. The van der Waals surface area contributed by atoms with Crippen molar-refractivity contribution in [3.05, 3.63) is 12.2 Å². The van der Waals surface area contributed by atoms with Crippen molar-refractivity contribution in [2.24, 2.45) is 12.0 Å². The van der Waals surface area contributed by atoms with Crippen molar-refractivity contribution in [1.29, 1.82) is 0 Å². The minimum absolute atomic E-state index is 0. The highest BCUT2D eigenvalue weighted by molar-refractivity contribution is 14.0. The van der Waals surface area contributed by atoms with E-state index in [0.29, 0.717) is 12.6 Å². The van der Waals surface area contributed by atoms with E-state index in [9.17, 15) is 0 Å². The quantitative estimate of drug-likeness (QED) is 0.423. The molecular formula is C15H28IN7. The fraction of sp³-hybridized carbons (Fsp3) is 0.800. The molecule has 1 atom stereocenters. The molecule has 23 heavy (non-hydrogen) atoms. The molecule has 3 rings (SSSR count). The molecule has 0 spiro atoms. The third-order valence-electron chi connectivity index (χ3n) is 4.84. The number of nitrogens with zero attached hydrogens (tertiary/aromatic N) is 5. The van der Waals surface area contributed by atoms with Crippen LogP contribution >= 0.6 is 24.0 Å². The molecule has 1 unspecified atom stereocenters. The molecule has 0 bridgehead atoms. The van der Waals surface area contributed by atoms with Gasteiger partial charge < -0.3 is 10.6 Å². The summed E-state index contributed by atoms with van der Waals surface area (Å²) >= 11 is 0. The van der Waals surface area contributed by atoms with Crippen molar-refractivity contribution in [2.75, 3.05) is 20.1 Å². The second kappa shape index (κ2) is 8.81. The summed E-state index contributed by atoms with van der Waals surface area (Å²) in [5.74, 6) is 1.75. The van der Waals surface area contributed by atoms with Crippen molar-refractivity contribution in [3.63, 3.8) is 0 Å². The number of hydrogen-bond acceptors (Lipinski definition) is 4. The van der Waals surface area contributed by atoms with Crippen LogP contribution in [0.2, 0.25) is 0 Å². The Bertz CT molecular complexity index is 510. The highest BCUT2D eigenvalue weighted by atomic mass is 127. The highest BCUT2D eigenvalue weighted by Crippen LogP contribution is 2.26. The summed E-state index contributed by atoms with van der Waals surface area (Å²) in [5.41, 5.74) is 0. The SMILES string of the molecule is CN=C(NCc1ncnn1C)NC1CCN(C2CCCC2)C1.I. The minimum Gasteiger partial charge on any atom is -0.352 e. The van der Waals surface area contributed by atoms with Crippen molar-refractivity contribution in [1.82, 2.24) is 30.3 Å². The Labute approximate surface area is 155 Å². The number of aryl methyl sites for hydroxylation is 1. The summed E-state index contributed by atoms with van der Waals surface area (Å²) in [6.07, 6.45) is 8.34. The van der Waals surface area contributed by atoms with E-state index in [1.807, 2.05) is 14.1 Å². The van der Waals surface area contributed by atoms with Crippen LogP contribution in [0.4, 0.5) is 0 Å². The number of aromatic nitrogens is 3. The van der Waals surface area contributed by atoms with Crippen LogP contribution in [0.5, 0.6) is 0 Å². The van der Waals surface area contributed by atoms with E-state index in [2.05, 4.69) is 30.6 Å². The Balaban J connectivity index is 0.00000192. The Morgan fingerprint density at radius 3 is 2.78 bits per heavy atom. The van der Waals surface area contributed by atoms with Crippen LogP contribution < -0.4 is 10.6 Å². The van der Waals surface area contributed by atoms with Gasteiger partial charge in [-0.1, -0.05) is 12.8 Å². The minimum atomic E-state index is 0. The molecule has 8 heteroatoms. The van der Waals surface area contributed by atoms with E-state index in [-0.39, 0.29) is 24.0 Å². The molecule has 1 saturated carbocycles. The molecule has 0 aromatic carbocycles. The lowest BCUT2D eigenvalue weighted by molar-refractivity contribution is 0.242. The third-order valence-corrected chi connectivity index (χ3v) is 4.84. The monoisotopic (exact) mass is 433 g/mol. The summed E-state index contributed by atoms with van der Waals surface area (Å²) in [6, 6.07) is 1.31. The molecule has 1 aliphatic heterocycles. The molecule has 130 valence electrons. The Hall–Kier alpha value is -0.900. The zero-order chi connectivity index (χ0) is 15.4. The van der Waals surface area contributed by atoms with Gasteiger partial charge in [-0.05, 0) is 19.3 Å². The zero-order valence-electron chi connectivity index (χ0n) is 14.0. The lowest BCUT2D eigenvalue weighted by Gasteiger charge is -2.24. The average Bonchev–Trinajstić information content (AvgIpc) is 3.25. The smallest absolute Gasteiger partial charge is 0.191 e. The van der Waals surface area contributed by atoms with Gasteiger partial charge in [0.15, 0.2) is 5.96 Å². The molecule has 7 nitrogen and oxygen atoms in total. The van der Waals surface area contributed by atoms with Gasteiger partial charge in [0.1, 0.15) is 12.2 Å². The van der Waals surface area contributed by atoms with Crippen LogP contribution in [-0.2, 0) is 13.6 Å². The van der Waals surface area contributed by atoms with Gasteiger partial charge in [0.2, 0.25) is 0 Å².